The van der Waals surface area contributed by atoms with Gasteiger partial charge in [0.15, 0.2) is 0 Å². The van der Waals surface area contributed by atoms with E-state index in [0.29, 0.717) is 6.54 Å². The van der Waals surface area contributed by atoms with Gasteiger partial charge in [-0.2, -0.15) is 0 Å². The molecule has 0 bridgehead atoms. The highest BCUT2D eigenvalue weighted by molar-refractivity contribution is 5.95. The summed E-state index contributed by atoms with van der Waals surface area (Å²) in [6, 6.07) is 7.26. The summed E-state index contributed by atoms with van der Waals surface area (Å²) < 4.78 is 10.4. The lowest BCUT2D eigenvalue weighted by molar-refractivity contribution is -0.120. The third-order valence-electron chi connectivity index (χ3n) is 4.57. The standard InChI is InChI=1S/C18H23N3O3/c1-12-16(13(2)24-20-12)11-21-10-4-5-17(21)18(22)19-14-6-8-15(23-3)9-7-14/h6-9,17H,4-5,10-11H2,1-3H3,(H,19,22)/t17-/m1/s1. The zero-order valence-corrected chi connectivity index (χ0v) is 14.3. The van der Waals surface area contributed by atoms with Crippen LogP contribution in [-0.4, -0.2) is 35.7 Å². The number of hydrogen-bond donors (Lipinski definition) is 1. The van der Waals surface area contributed by atoms with Crippen LogP contribution in [0.2, 0.25) is 0 Å². The first kappa shape index (κ1) is 16.5. The summed E-state index contributed by atoms with van der Waals surface area (Å²) in [6.45, 7) is 5.46. The van der Waals surface area contributed by atoms with Gasteiger partial charge in [0, 0.05) is 17.8 Å². The second-order valence-electron chi connectivity index (χ2n) is 6.15. The van der Waals surface area contributed by atoms with E-state index in [1.807, 2.05) is 38.1 Å². The van der Waals surface area contributed by atoms with Crippen molar-refractivity contribution in [1.29, 1.82) is 0 Å². The molecule has 1 N–H and O–H groups in total. The van der Waals surface area contributed by atoms with Crippen molar-refractivity contribution in [3.63, 3.8) is 0 Å². The van der Waals surface area contributed by atoms with E-state index >= 15 is 0 Å². The van der Waals surface area contributed by atoms with Gasteiger partial charge in [-0.1, -0.05) is 5.16 Å². The lowest BCUT2D eigenvalue weighted by Crippen LogP contribution is -2.39. The fraction of sp³-hybridized carbons (Fsp3) is 0.444. The quantitative estimate of drug-likeness (QED) is 0.913. The Bertz CT molecular complexity index is 689. The van der Waals surface area contributed by atoms with Crippen molar-refractivity contribution in [2.45, 2.75) is 39.3 Å². The maximum Gasteiger partial charge on any atom is 0.241 e. The van der Waals surface area contributed by atoms with E-state index in [4.69, 9.17) is 9.26 Å². The highest BCUT2D eigenvalue weighted by atomic mass is 16.5. The van der Waals surface area contributed by atoms with Gasteiger partial charge >= 0.3 is 0 Å². The van der Waals surface area contributed by atoms with Crippen molar-refractivity contribution in [2.24, 2.45) is 0 Å². The first-order chi connectivity index (χ1) is 11.6. The Morgan fingerprint density at radius 2 is 2.12 bits per heavy atom. The van der Waals surface area contributed by atoms with Crippen LogP contribution < -0.4 is 10.1 Å². The molecule has 0 aliphatic carbocycles. The number of amides is 1. The van der Waals surface area contributed by atoms with Crippen molar-refractivity contribution in [3.8, 4) is 5.75 Å². The number of nitrogens with one attached hydrogen (secondary N) is 1. The molecule has 1 atom stereocenters. The third kappa shape index (κ3) is 3.43. The molecule has 1 aliphatic heterocycles. The summed E-state index contributed by atoms with van der Waals surface area (Å²) in [5, 5.41) is 7.00. The summed E-state index contributed by atoms with van der Waals surface area (Å²) in [7, 11) is 1.62. The number of nitrogens with zero attached hydrogens (tertiary/aromatic N) is 2. The van der Waals surface area contributed by atoms with Crippen LogP contribution in [0.3, 0.4) is 0 Å². The van der Waals surface area contributed by atoms with Crippen LogP contribution in [0.15, 0.2) is 28.8 Å². The minimum Gasteiger partial charge on any atom is -0.497 e. The predicted octanol–water partition coefficient (Wildman–Crippen LogP) is 2.90. The predicted molar refractivity (Wildman–Crippen MR) is 91.0 cm³/mol. The van der Waals surface area contributed by atoms with E-state index in [2.05, 4.69) is 15.4 Å². The number of benzene rings is 1. The molecule has 2 aromatic rings. The lowest BCUT2D eigenvalue weighted by atomic mass is 10.1. The summed E-state index contributed by atoms with van der Waals surface area (Å²) >= 11 is 0. The molecule has 0 saturated carbocycles. The molecule has 3 rings (SSSR count). The number of hydrogen-bond acceptors (Lipinski definition) is 5. The average Bonchev–Trinajstić information content (AvgIpc) is 3.17. The first-order valence-corrected chi connectivity index (χ1v) is 8.19. The fourth-order valence-corrected chi connectivity index (χ4v) is 3.14. The number of likely N-dealkylation sites (tertiary alicyclic amines) is 1. The molecule has 6 heteroatoms. The van der Waals surface area contributed by atoms with Crippen molar-refractivity contribution in [1.82, 2.24) is 10.1 Å². The fourth-order valence-electron chi connectivity index (χ4n) is 3.14. The van der Waals surface area contributed by atoms with Crippen molar-refractivity contribution < 1.29 is 14.1 Å². The number of anilines is 1. The molecule has 0 spiro atoms. The maximum absolute atomic E-state index is 12.7. The van der Waals surface area contributed by atoms with Gasteiger partial charge in [0.1, 0.15) is 11.5 Å². The smallest absolute Gasteiger partial charge is 0.241 e. The number of ether oxygens (including phenoxy) is 1. The SMILES string of the molecule is COc1ccc(NC(=O)[C@H]2CCCN2Cc2c(C)noc2C)cc1. The average molecular weight is 329 g/mol. The molecule has 1 amide bonds. The van der Waals surface area contributed by atoms with Crippen LogP contribution >= 0.6 is 0 Å². The van der Waals surface area contributed by atoms with Crippen LogP contribution in [0.25, 0.3) is 0 Å². The van der Waals surface area contributed by atoms with Crippen LogP contribution in [0.5, 0.6) is 5.75 Å². The molecule has 1 fully saturated rings. The summed E-state index contributed by atoms with van der Waals surface area (Å²) in [4.78, 5) is 14.9. The highest BCUT2D eigenvalue weighted by Gasteiger charge is 2.31. The highest BCUT2D eigenvalue weighted by Crippen LogP contribution is 2.24. The normalized spacial score (nSPS) is 17.9. The van der Waals surface area contributed by atoms with Gasteiger partial charge in [0.05, 0.1) is 18.8 Å². The molecule has 1 aliphatic rings. The van der Waals surface area contributed by atoms with Crippen molar-refractivity contribution >= 4 is 11.6 Å². The van der Waals surface area contributed by atoms with Gasteiger partial charge < -0.3 is 14.6 Å². The number of aryl methyl sites for hydroxylation is 2. The van der Waals surface area contributed by atoms with E-state index in [-0.39, 0.29) is 11.9 Å². The Morgan fingerprint density at radius 1 is 1.38 bits per heavy atom. The summed E-state index contributed by atoms with van der Waals surface area (Å²) in [5.74, 6) is 1.63. The van der Waals surface area contributed by atoms with E-state index in [9.17, 15) is 4.79 Å². The molecule has 128 valence electrons. The van der Waals surface area contributed by atoms with Gasteiger partial charge in [-0.15, -0.1) is 0 Å². The van der Waals surface area contributed by atoms with Crippen LogP contribution in [-0.2, 0) is 11.3 Å². The zero-order chi connectivity index (χ0) is 17.1. The molecule has 1 aromatic heterocycles. The van der Waals surface area contributed by atoms with Gasteiger partial charge in [-0.25, -0.2) is 0 Å². The minimum atomic E-state index is -0.124. The zero-order valence-electron chi connectivity index (χ0n) is 14.3. The second-order valence-corrected chi connectivity index (χ2v) is 6.15. The number of aromatic nitrogens is 1. The van der Waals surface area contributed by atoms with E-state index < -0.39 is 0 Å². The molecular formula is C18H23N3O3. The van der Waals surface area contributed by atoms with E-state index in [0.717, 1.165) is 47.8 Å². The Balaban J connectivity index is 1.66. The second kappa shape index (κ2) is 7.05. The van der Waals surface area contributed by atoms with E-state index in [1.165, 1.54) is 0 Å². The Morgan fingerprint density at radius 3 is 2.75 bits per heavy atom. The van der Waals surface area contributed by atoms with Crippen LogP contribution in [0.4, 0.5) is 5.69 Å². The molecule has 0 radical (unpaired) electrons. The Hall–Kier alpha value is -2.34. The number of rotatable bonds is 5. The molecular weight excluding hydrogens is 306 g/mol. The molecule has 2 heterocycles. The van der Waals surface area contributed by atoms with Gasteiger partial charge in [0.2, 0.25) is 5.91 Å². The Labute approximate surface area is 141 Å². The van der Waals surface area contributed by atoms with Crippen LogP contribution in [0.1, 0.15) is 29.9 Å². The van der Waals surface area contributed by atoms with Gasteiger partial charge in [-0.05, 0) is 57.5 Å². The third-order valence-corrected chi connectivity index (χ3v) is 4.57. The monoisotopic (exact) mass is 329 g/mol. The number of carbonyl (C=O) groups is 1. The van der Waals surface area contributed by atoms with Gasteiger partial charge in [0.25, 0.3) is 0 Å². The largest absolute Gasteiger partial charge is 0.497 e. The number of methoxy groups -OCH3 is 1. The molecule has 1 aromatic carbocycles. The van der Waals surface area contributed by atoms with E-state index in [1.54, 1.807) is 7.11 Å². The molecule has 1 saturated heterocycles. The molecule has 6 nitrogen and oxygen atoms in total. The summed E-state index contributed by atoms with van der Waals surface area (Å²) in [6.07, 6.45) is 1.88. The lowest BCUT2D eigenvalue weighted by Gasteiger charge is -2.23. The summed E-state index contributed by atoms with van der Waals surface area (Å²) in [5.41, 5.74) is 2.76. The molecule has 0 unspecified atom stereocenters. The minimum absolute atomic E-state index is 0.0319. The topological polar surface area (TPSA) is 67.6 Å². The molecule has 24 heavy (non-hydrogen) atoms. The van der Waals surface area contributed by atoms with Gasteiger partial charge in [-0.3, -0.25) is 9.69 Å². The Kier molecular flexibility index (Phi) is 4.85. The first-order valence-electron chi connectivity index (χ1n) is 8.19. The van der Waals surface area contributed by atoms with Crippen molar-refractivity contribution in [3.05, 3.63) is 41.3 Å². The maximum atomic E-state index is 12.7. The van der Waals surface area contributed by atoms with Crippen LogP contribution in [0, 0.1) is 13.8 Å². The van der Waals surface area contributed by atoms with Crippen molar-refractivity contribution in [2.75, 3.05) is 19.0 Å². The number of carbonyl (C=O) groups excluding carboxylic acids is 1.